The van der Waals surface area contributed by atoms with Crippen LogP contribution in [-0.4, -0.2) is 21.4 Å². The maximum Gasteiger partial charge on any atom is 0.109 e. The molecule has 9 aromatic rings. The molecule has 5 nitrogen and oxygen atoms in total. The Kier molecular flexibility index (Phi) is 7.89. The second-order valence-corrected chi connectivity index (χ2v) is 13.7. The van der Waals surface area contributed by atoms with Gasteiger partial charge < -0.3 is 0 Å². The number of fused-ring (bicyclic) bond motifs is 4. The first-order valence-electron chi connectivity index (χ1n) is 18.3. The zero-order valence-corrected chi connectivity index (χ0v) is 29.7. The number of nitrogens with zero attached hydrogens (tertiary/aromatic N) is 3. The van der Waals surface area contributed by atoms with Gasteiger partial charge in [0.1, 0.15) is 5.71 Å². The van der Waals surface area contributed by atoms with Crippen LogP contribution in [0.5, 0.6) is 0 Å². The second-order valence-electron chi connectivity index (χ2n) is 13.7. The lowest BCUT2D eigenvalue weighted by atomic mass is 9.84. The van der Waals surface area contributed by atoms with Crippen LogP contribution in [0.25, 0.3) is 82.0 Å². The highest BCUT2D eigenvalue weighted by Crippen LogP contribution is 2.44. The summed E-state index contributed by atoms with van der Waals surface area (Å²) < 4.78 is 0. The molecule has 0 fully saturated rings. The summed E-state index contributed by atoms with van der Waals surface area (Å²) in [5, 5.41) is 22.9. The van der Waals surface area contributed by atoms with Crippen LogP contribution in [0, 0.1) is 5.41 Å². The maximum absolute atomic E-state index is 8.80. The predicted octanol–water partition coefficient (Wildman–Crippen LogP) is 12.5. The third kappa shape index (κ3) is 5.58. The van der Waals surface area contributed by atoms with E-state index in [9.17, 15) is 0 Å². The van der Waals surface area contributed by atoms with Gasteiger partial charge in [-0.15, -0.1) is 0 Å². The Morgan fingerprint density at radius 2 is 0.836 bits per heavy atom. The number of hydrogen-bond donors (Lipinski definition) is 2. The summed E-state index contributed by atoms with van der Waals surface area (Å²) in [5.74, 6) is 0. The Labute approximate surface area is 318 Å². The minimum atomic E-state index is 0.347. The number of rotatable bonds is 6. The fourth-order valence-electron chi connectivity index (χ4n) is 8.14. The molecule has 2 N–H and O–H groups in total. The van der Waals surface area contributed by atoms with Crippen molar-refractivity contribution in [2.24, 2.45) is 5.10 Å². The highest BCUT2D eigenvalue weighted by molar-refractivity contribution is 6.52. The van der Waals surface area contributed by atoms with Gasteiger partial charge in [0, 0.05) is 35.9 Å². The molecule has 55 heavy (non-hydrogen) atoms. The van der Waals surface area contributed by atoms with Crippen LogP contribution >= 0.6 is 0 Å². The molecule has 0 spiro atoms. The number of hydrazone groups is 1. The third-order valence-corrected chi connectivity index (χ3v) is 10.5. The van der Waals surface area contributed by atoms with Gasteiger partial charge in [0.2, 0.25) is 0 Å². The molecule has 0 unspecified atom stereocenters. The molecule has 0 atom stereocenters. The lowest BCUT2D eigenvalue weighted by Crippen LogP contribution is -2.14. The number of pyridine rings is 2. The van der Waals surface area contributed by atoms with Gasteiger partial charge in [-0.25, -0.2) is 0 Å². The second kappa shape index (κ2) is 13.5. The molecule has 2 aromatic heterocycles. The van der Waals surface area contributed by atoms with E-state index >= 15 is 0 Å². The Morgan fingerprint density at radius 1 is 0.418 bits per heavy atom. The zero-order valence-electron chi connectivity index (χ0n) is 29.7. The van der Waals surface area contributed by atoms with E-state index in [0.29, 0.717) is 11.4 Å². The molecule has 0 saturated carbocycles. The van der Waals surface area contributed by atoms with E-state index < -0.39 is 0 Å². The number of hydrogen-bond acceptors (Lipinski definition) is 5. The zero-order chi connectivity index (χ0) is 36.7. The number of benzene rings is 7. The van der Waals surface area contributed by atoms with Crippen LogP contribution in [0.15, 0.2) is 194 Å². The first-order chi connectivity index (χ1) is 27.2. The Bertz CT molecular complexity index is 2940. The molecule has 5 heteroatoms. The van der Waals surface area contributed by atoms with Crippen LogP contribution in [0.3, 0.4) is 0 Å². The molecule has 1 aliphatic rings. The standard InChI is InChI=1S/C50H33N5/c51-45-26-23-33(48-39-15-3-7-19-43(39)50(35-12-10-28-53-31-35)44-20-8-4-16-40(44)48)29-46(45)55-54-36-24-21-32(22-25-36)47-37-13-1-5-17-41(37)49(34-11-9-27-52-30-34)42-18-6-2-14-38(42)47/h1-31,51,54H/b51-45?,55-46-. The summed E-state index contributed by atoms with van der Waals surface area (Å²) in [6.07, 6.45) is 13.4. The molecule has 0 saturated heterocycles. The molecule has 0 aliphatic heterocycles. The normalized spacial score (nSPS) is 13.6. The predicted molar refractivity (Wildman–Crippen MR) is 231 cm³/mol. The van der Waals surface area contributed by atoms with Crippen LogP contribution in [0.4, 0.5) is 5.69 Å². The topological polar surface area (TPSA) is 74.0 Å². The van der Waals surface area contributed by atoms with E-state index in [2.05, 4.69) is 149 Å². The highest BCUT2D eigenvalue weighted by Gasteiger charge is 2.20. The van der Waals surface area contributed by atoms with Gasteiger partial charge in [0.15, 0.2) is 0 Å². The van der Waals surface area contributed by atoms with Crippen molar-refractivity contribution in [3.8, 4) is 33.4 Å². The minimum absolute atomic E-state index is 0.347. The van der Waals surface area contributed by atoms with Crippen molar-refractivity contribution in [2.75, 3.05) is 5.43 Å². The molecule has 2 heterocycles. The molecule has 258 valence electrons. The van der Waals surface area contributed by atoms with Crippen molar-refractivity contribution < 1.29 is 0 Å². The largest absolute Gasteiger partial charge is 0.299 e. The van der Waals surface area contributed by atoms with Crippen LogP contribution in [0.1, 0.15) is 5.56 Å². The highest BCUT2D eigenvalue weighted by atomic mass is 15.3. The van der Waals surface area contributed by atoms with Crippen molar-refractivity contribution >= 4 is 65.8 Å². The lowest BCUT2D eigenvalue weighted by molar-refractivity contribution is 1.33. The minimum Gasteiger partial charge on any atom is -0.299 e. The van der Waals surface area contributed by atoms with E-state index in [1.165, 1.54) is 38.2 Å². The van der Waals surface area contributed by atoms with E-state index in [0.717, 1.165) is 55.1 Å². The smallest absolute Gasteiger partial charge is 0.109 e. The quantitative estimate of drug-likeness (QED) is 0.103. The van der Waals surface area contributed by atoms with Gasteiger partial charge in [0.05, 0.1) is 11.4 Å². The number of aromatic nitrogens is 2. The van der Waals surface area contributed by atoms with E-state index in [1.807, 2.05) is 55.1 Å². The number of allylic oxidation sites excluding steroid dienone is 4. The Morgan fingerprint density at radius 3 is 1.25 bits per heavy atom. The lowest BCUT2D eigenvalue weighted by Gasteiger charge is -2.19. The van der Waals surface area contributed by atoms with E-state index in [4.69, 9.17) is 10.5 Å². The summed E-state index contributed by atoms with van der Waals surface area (Å²) in [7, 11) is 0. The molecular weight excluding hydrogens is 671 g/mol. The fourth-order valence-corrected chi connectivity index (χ4v) is 8.14. The SMILES string of the molecule is N=C1C=CC(c2c3ccccc3c(-c3cccnc3)c3ccccc23)=C/C1=N/Nc1ccc(-c2c3ccccc3c(-c3cccnc3)c3ccccc23)cc1. The van der Waals surface area contributed by atoms with Gasteiger partial charge in [-0.1, -0.05) is 127 Å². The molecular formula is C50H33N5. The van der Waals surface area contributed by atoms with Crippen LogP contribution < -0.4 is 5.43 Å². The van der Waals surface area contributed by atoms with Crippen molar-refractivity contribution in [3.63, 3.8) is 0 Å². The summed E-state index contributed by atoms with van der Waals surface area (Å²) in [5.41, 5.74) is 14.0. The van der Waals surface area contributed by atoms with Gasteiger partial charge >= 0.3 is 0 Å². The van der Waals surface area contributed by atoms with Crippen molar-refractivity contribution in [1.82, 2.24) is 9.97 Å². The van der Waals surface area contributed by atoms with E-state index in [1.54, 1.807) is 0 Å². The molecule has 0 bridgehead atoms. The molecule has 7 aromatic carbocycles. The molecule has 1 aliphatic carbocycles. The average Bonchev–Trinajstić information content (AvgIpc) is 3.25. The Balaban J connectivity index is 1.03. The van der Waals surface area contributed by atoms with Crippen LogP contribution in [0.2, 0.25) is 0 Å². The van der Waals surface area contributed by atoms with Crippen molar-refractivity contribution in [1.29, 1.82) is 5.41 Å². The average molecular weight is 704 g/mol. The van der Waals surface area contributed by atoms with Crippen molar-refractivity contribution in [2.45, 2.75) is 0 Å². The molecule has 10 rings (SSSR count). The fraction of sp³-hybridized carbons (Fsp3) is 0. The first-order valence-corrected chi connectivity index (χ1v) is 18.3. The van der Waals surface area contributed by atoms with Gasteiger partial charge in [0.25, 0.3) is 0 Å². The third-order valence-electron chi connectivity index (χ3n) is 10.5. The number of anilines is 1. The van der Waals surface area contributed by atoms with Crippen LogP contribution in [-0.2, 0) is 0 Å². The first kappa shape index (κ1) is 32.2. The summed E-state index contributed by atoms with van der Waals surface area (Å²) in [6, 6.07) is 51.0. The monoisotopic (exact) mass is 703 g/mol. The maximum atomic E-state index is 8.80. The summed E-state index contributed by atoms with van der Waals surface area (Å²) >= 11 is 0. The molecule has 0 amide bonds. The number of nitrogens with one attached hydrogen (secondary N) is 2. The van der Waals surface area contributed by atoms with Crippen molar-refractivity contribution in [3.05, 3.63) is 194 Å². The van der Waals surface area contributed by atoms with Gasteiger partial charge in [-0.3, -0.25) is 20.8 Å². The van der Waals surface area contributed by atoms with Gasteiger partial charge in [-0.2, -0.15) is 5.10 Å². The van der Waals surface area contributed by atoms with E-state index in [-0.39, 0.29) is 0 Å². The summed E-state index contributed by atoms with van der Waals surface area (Å²) in [4.78, 5) is 8.88. The Hall–Kier alpha value is -7.50. The summed E-state index contributed by atoms with van der Waals surface area (Å²) in [6.45, 7) is 0. The molecule has 0 radical (unpaired) electrons. The van der Waals surface area contributed by atoms with Gasteiger partial charge in [-0.05, 0) is 113 Å².